The number of amides is 3. The second-order valence-electron chi connectivity index (χ2n) is 7.97. The van der Waals surface area contributed by atoms with E-state index in [1.807, 2.05) is 26.0 Å². The molecule has 0 radical (unpaired) electrons. The molecule has 0 saturated carbocycles. The summed E-state index contributed by atoms with van der Waals surface area (Å²) in [6.07, 6.45) is 3.06. The van der Waals surface area contributed by atoms with Gasteiger partial charge in [0, 0.05) is 5.56 Å². The first-order valence-electron chi connectivity index (χ1n) is 10.2. The van der Waals surface area contributed by atoms with Crippen LogP contribution in [0.5, 0.6) is 0 Å². The van der Waals surface area contributed by atoms with Gasteiger partial charge in [0.05, 0.1) is 36.0 Å². The number of nitrogens with zero attached hydrogens (tertiary/aromatic N) is 4. The van der Waals surface area contributed by atoms with Crippen LogP contribution in [0.4, 0.5) is 5.69 Å². The molecular weight excluding hydrogens is 410 g/mol. The fraction of sp³-hybridized carbons (Fsp3) is 0.261. The number of benzene rings is 2. The molecule has 0 saturated heterocycles. The molecule has 9 nitrogen and oxygen atoms in total. The van der Waals surface area contributed by atoms with E-state index >= 15 is 0 Å². The topological polar surface area (TPSA) is 117 Å². The molecule has 0 spiro atoms. The molecule has 0 unspecified atom stereocenters. The number of aromatic nitrogens is 3. The van der Waals surface area contributed by atoms with Crippen molar-refractivity contribution in [1.29, 1.82) is 0 Å². The Balaban J connectivity index is 1.54. The molecule has 1 aromatic heterocycles. The number of fused-ring (bicyclic) bond motifs is 1. The maximum Gasteiger partial charge on any atom is 0.266 e. The highest BCUT2D eigenvalue weighted by atomic mass is 16.3. The zero-order valence-corrected chi connectivity index (χ0v) is 17.7. The van der Waals surface area contributed by atoms with Gasteiger partial charge in [-0.2, -0.15) is 5.10 Å². The first-order chi connectivity index (χ1) is 15.4. The number of rotatable bonds is 7. The zero-order chi connectivity index (χ0) is 22.8. The fourth-order valence-electron chi connectivity index (χ4n) is 3.54. The van der Waals surface area contributed by atoms with Crippen molar-refractivity contribution < 1.29 is 19.5 Å². The lowest BCUT2D eigenvalue weighted by Crippen LogP contribution is -2.41. The molecular formula is C23H23N5O4. The lowest BCUT2D eigenvalue weighted by Gasteiger charge is -2.19. The van der Waals surface area contributed by atoms with Crippen molar-refractivity contribution in [3.8, 4) is 0 Å². The number of imide groups is 1. The lowest BCUT2D eigenvalue weighted by atomic mass is 10.0. The predicted octanol–water partition coefficient (Wildman–Crippen LogP) is 1.87. The molecule has 1 aliphatic heterocycles. The molecule has 2 aromatic carbocycles. The van der Waals surface area contributed by atoms with E-state index in [9.17, 15) is 19.5 Å². The smallest absolute Gasteiger partial charge is 0.266 e. The third-order valence-electron chi connectivity index (χ3n) is 5.47. The van der Waals surface area contributed by atoms with Gasteiger partial charge in [0.2, 0.25) is 0 Å². The first kappa shape index (κ1) is 21.4. The molecule has 4 rings (SSSR count). The Kier molecular flexibility index (Phi) is 5.83. The minimum absolute atomic E-state index is 0.0459. The normalized spacial score (nSPS) is 14.1. The van der Waals surface area contributed by atoms with Crippen LogP contribution in [0.2, 0.25) is 0 Å². The van der Waals surface area contributed by atoms with E-state index in [0.717, 1.165) is 10.5 Å². The second-order valence-corrected chi connectivity index (χ2v) is 7.97. The standard InChI is InChI=1S/C23H23N5O4/c1-14(2)20(11-29)26-21(30)16-5-8-18-19(9-16)23(32)28(22(18)31)17-6-3-15(4-7-17)10-27-13-24-12-25-27/h3-9,12-14,20,29H,10-11H2,1-2H3,(H,26,30)/t20-/m0/s1. The number of hydrogen-bond donors (Lipinski definition) is 2. The molecule has 2 heterocycles. The molecule has 164 valence electrons. The van der Waals surface area contributed by atoms with Crippen molar-refractivity contribution in [2.45, 2.75) is 26.4 Å². The Hall–Kier alpha value is -3.85. The van der Waals surface area contributed by atoms with E-state index in [2.05, 4.69) is 15.4 Å². The Labute approximate surface area is 184 Å². The van der Waals surface area contributed by atoms with Gasteiger partial charge in [-0.25, -0.2) is 14.6 Å². The van der Waals surface area contributed by atoms with Gasteiger partial charge in [-0.15, -0.1) is 0 Å². The third kappa shape index (κ3) is 4.02. The number of carbonyl (C=O) groups is 3. The van der Waals surface area contributed by atoms with E-state index in [-0.39, 0.29) is 29.2 Å². The molecule has 3 amide bonds. The van der Waals surface area contributed by atoms with Gasteiger partial charge in [-0.1, -0.05) is 26.0 Å². The van der Waals surface area contributed by atoms with Gasteiger partial charge in [-0.05, 0) is 41.8 Å². The van der Waals surface area contributed by atoms with Crippen LogP contribution in [0.1, 0.15) is 50.5 Å². The number of anilines is 1. The van der Waals surface area contributed by atoms with Gasteiger partial charge in [-0.3, -0.25) is 14.4 Å². The Morgan fingerprint density at radius 1 is 1.06 bits per heavy atom. The summed E-state index contributed by atoms with van der Waals surface area (Å²) in [5, 5.41) is 16.3. The highest BCUT2D eigenvalue weighted by molar-refractivity contribution is 6.34. The number of carbonyl (C=O) groups excluding carboxylic acids is 3. The van der Waals surface area contributed by atoms with E-state index in [4.69, 9.17) is 0 Å². The summed E-state index contributed by atoms with van der Waals surface area (Å²) in [7, 11) is 0. The highest BCUT2D eigenvalue weighted by Crippen LogP contribution is 2.29. The Bertz CT molecular complexity index is 1160. The number of aliphatic hydroxyl groups is 1. The summed E-state index contributed by atoms with van der Waals surface area (Å²) in [6.45, 7) is 4.11. The van der Waals surface area contributed by atoms with E-state index in [0.29, 0.717) is 12.2 Å². The molecule has 0 fully saturated rings. The summed E-state index contributed by atoms with van der Waals surface area (Å²) in [5.41, 5.74) is 2.08. The number of aliphatic hydroxyl groups excluding tert-OH is 1. The summed E-state index contributed by atoms with van der Waals surface area (Å²) >= 11 is 0. The Morgan fingerprint density at radius 2 is 1.78 bits per heavy atom. The average molecular weight is 433 g/mol. The van der Waals surface area contributed by atoms with E-state index < -0.39 is 23.8 Å². The number of nitrogens with one attached hydrogen (secondary N) is 1. The van der Waals surface area contributed by atoms with Crippen molar-refractivity contribution >= 4 is 23.4 Å². The summed E-state index contributed by atoms with van der Waals surface area (Å²) in [5.74, 6) is -1.27. The fourth-order valence-corrected chi connectivity index (χ4v) is 3.54. The maximum absolute atomic E-state index is 13.0. The van der Waals surface area contributed by atoms with Crippen LogP contribution in [0.25, 0.3) is 0 Å². The molecule has 1 aliphatic rings. The second kappa shape index (κ2) is 8.72. The van der Waals surface area contributed by atoms with Gasteiger partial charge in [0.15, 0.2) is 0 Å². The highest BCUT2D eigenvalue weighted by Gasteiger charge is 2.37. The van der Waals surface area contributed by atoms with Crippen LogP contribution in [0.3, 0.4) is 0 Å². The van der Waals surface area contributed by atoms with Crippen LogP contribution in [0.15, 0.2) is 55.1 Å². The molecule has 3 aromatic rings. The molecule has 9 heteroatoms. The van der Waals surface area contributed by atoms with Gasteiger partial charge in [0.25, 0.3) is 17.7 Å². The summed E-state index contributed by atoms with van der Waals surface area (Å²) in [6, 6.07) is 11.1. The quantitative estimate of drug-likeness (QED) is 0.550. The van der Waals surface area contributed by atoms with E-state index in [1.165, 1.54) is 24.5 Å². The summed E-state index contributed by atoms with van der Waals surface area (Å²) in [4.78, 5) is 43.5. The minimum Gasteiger partial charge on any atom is -0.394 e. The molecule has 1 atom stereocenters. The van der Waals surface area contributed by atoms with Gasteiger partial charge < -0.3 is 10.4 Å². The summed E-state index contributed by atoms with van der Waals surface area (Å²) < 4.78 is 1.67. The largest absolute Gasteiger partial charge is 0.394 e. The average Bonchev–Trinajstić information content (AvgIpc) is 3.38. The number of hydrogen-bond acceptors (Lipinski definition) is 6. The van der Waals surface area contributed by atoms with Crippen molar-refractivity contribution in [2.75, 3.05) is 11.5 Å². The van der Waals surface area contributed by atoms with Crippen molar-refractivity contribution in [3.63, 3.8) is 0 Å². The van der Waals surface area contributed by atoms with Crippen LogP contribution in [-0.4, -0.2) is 50.2 Å². The van der Waals surface area contributed by atoms with Crippen LogP contribution < -0.4 is 10.2 Å². The van der Waals surface area contributed by atoms with Gasteiger partial charge in [0.1, 0.15) is 12.7 Å². The molecule has 2 N–H and O–H groups in total. The van der Waals surface area contributed by atoms with Crippen molar-refractivity contribution in [3.05, 3.63) is 77.4 Å². The first-order valence-corrected chi connectivity index (χ1v) is 10.2. The van der Waals surface area contributed by atoms with Crippen LogP contribution in [-0.2, 0) is 6.54 Å². The van der Waals surface area contributed by atoms with Crippen LogP contribution in [0, 0.1) is 5.92 Å². The van der Waals surface area contributed by atoms with Crippen LogP contribution >= 0.6 is 0 Å². The van der Waals surface area contributed by atoms with Crippen molar-refractivity contribution in [2.24, 2.45) is 5.92 Å². The molecule has 0 bridgehead atoms. The Morgan fingerprint density at radius 3 is 2.41 bits per heavy atom. The van der Waals surface area contributed by atoms with Gasteiger partial charge >= 0.3 is 0 Å². The van der Waals surface area contributed by atoms with Crippen molar-refractivity contribution in [1.82, 2.24) is 20.1 Å². The molecule has 0 aliphatic carbocycles. The zero-order valence-electron chi connectivity index (χ0n) is 17.7. The third-order valence-corrected chi connectivity index (χ3v) is 5.47. The molecule has 32 heavy (non-hydrogen) atoms. The van der Waals surface area contributed by atoms with E-state index in [1.54, 1.807) is 23.1 Å². The monoisotopic (exact) mass is 433 g/mol. The lowest BCUT2D eigenvalue weighted by molar-refractivity contribution is 0.0895. The SMILES string of the molecule is CC(C)[C@H](CO)NC(=O)c1ccc2c(c1)C(=O)N(c1ccc(Cn3cncn3)cc1)C2=O. The predicted molar refractivity (Wildman–Crippen MR) is 116 cm³/mol. The maximum atomic E-state index is 13.0. The minimum atomic E-state index is -0.480.